The third kappa shape index (κ3) is 17.2. The Kier molecular flexibility index (Phi) is 14.3. The summed E-state index contributed by atoms with van der Waals surface area (Å²) < 4.78 is 8.89. The number of carbonyl (C=O) groups is 3. The smallest absolute Gasteiger partial charge is 0.404 e. The van der Waals surface area contributed by atoms with Gasteiger partial charge in [-0.05, 0) is 12.1 Å². The number of esters is 1. The summed E-state index contributed by atoms with van der Waals surface area (Å²) in [7, 11) is 0. The Balaban J connectivity index is 0. The van der Waals surface area contributed by atoms with Crippen molar-refractivity contribution < 1.29 is 29.0 Å². The molecule has 0 unspecified atom stereocenters. The minimum atomic E-state index is -0.745. The number of amides is 1. The van der Waals surface area contributed by atoms with Crippen LogP contribution < -0.4 is 10.5 Å². The molecule has 124 valence electrons. The van der Waals surface area contributed by atoms with Crippen LogP contribution in [0.2, 0.25) is 0 Å². The highest BCUT2D eigenvalue weighted by molar-refractivity contribution is 5.71. The highest BCUT2D eigenvalue weighted by atomic mass is 16.5. The molecule has 1 amide bonds. The maximum atomic E-state index is 10.7. The SMILES string of the molecule is CCC(=O)O.CCC(=O)Oc1ccnnn1.CCOC(N)=O. The third-order valence-electron chi connectivity index (χ3n) is 1.57. The molecule has 0 aliphatic carbocycles. The van der Waals surface area contributed by atoms with E-state index in [1.807, 2.05) is 0 Å². The van der Waals surface area contributed by atoms with Crippen molar-refractivity contribution in [3.8, 4) is 5.88 Å². The van der Waals surface area contributed by atoms with E-state index in [2.05, 4.69) is 25.9 Å². The quantitative estimate of drug-likeness (QED) is 0.766. The molecule has 22 heavy (non-hydrogen) atoms. The van der Waals surface area contributed by atoms with Crippen LogP contribution in [0.3, 0.4) is 0 Å². The number of hydrogen-bond donors (Lipinski definition) is 2. The molecular formula is C12H20N4O6. The normalized spacial score (nSPS) is 8.32. The molecule has 0 fully saturated rings. The average Bonchev–Trinajstić information content (AvgIpc) is 2.49. The second-order valence-electron chi connectivity index (χ2n) is 3.29. The summed E-state index contributed by atoms with van der Waals surface area (Å²) in [5, 5.41) is 17.9. The maximum Gasteiger partial charge on any atom is 0.404 e. The van der Waals surface area contributed by atoms with Crippen molar-refractivity contribution in [2.75, 3.05) is 6.61 Å². The molecule has 10 nitrogen and oxygen atoms in total. The lowest BCUT2D eigenvalue weighted by Gasteiger charge is -1.96. The van der Waals surface area contributed by atoms with Gasteiger partial charge in [-0.25, -0.2) is 4.79 Å². The minimum Gasteiger partial charge on any atom is -0.481 e. The molecule has 1 rings (SSSR count). The predicted molar refractivity (Wildman–Crippen MR) is 74.9 cm³/mol. The van der Waals surface area contributed by atoms with E-state index in [0.717, 1.165) is 0 Å². The number of aliphatic carboxylic acids is 1. The molecular weight excluding hydrogens is 296 g/mol. The van der Waals surface area contributed by atoms with Crippen LogP contribution in [0.1, 0.15) is 33.6 Å². The van der Waals surface area contributed by atoms with Crippen molar-refractivity contribution in [2.24, 2.45) is 5.73 Å². The van der Waals surface area contributed by atoms with Crippen molar-refractivity contribution in [3.05, 3.63) is 12.3 Å². The molecule has 1 aromatic rings. The summed E-state index contributed by atoms with van der Waals surface area (Å²) >= 11 is 0. The number of carboxylic acid groups (broad SMARTS) is 1. The summed E-state index contributed by atoms with van der Waals surface area (Å²) in [6.45, 7) is 5.36. The van der Waals surface area contributed by atoms with Crippen LogP contribution in [0.4, 0.5) is 4.79 Å². The van der Waals surface area contributed by atoms with Gasteiger partial charge in [0.25, 0.3) is 0 Å². The molecule has 0 saturated carbocycles. The maximum absolute atomic E-state index is 10.7. The zero-order chi connectivity index (χ0) is 17.4. The van der Waals surface area contributed by atoms with E-state index >= 15 is 0 Å². The van der Waals surface area contributed by atoms with Gasteiger partial charge in [-0.3, -0.25) is 9.59 Å². The minimum absolute atomic E-state index is 0.187. The van der Waals surface area contributed by atoms with Gasteiger partial charge in [0.15, 0.2) is 0 Å². The topological polar surface area (TPSA) is 155 Å². The Morgan fingerprint density at radius 1 is 1.23 bits per heavy atom. The van der Waals surface area contributed by atoms with Gasteiger partial charge in [0, 0.05) is 18.9 Å². The van der Waals surface area contributed by atoms with Crippen LogP contribution in [0.5, 0.6) is 5.88 Å². The second-order valence-corrected chi connectivity index (χ2v) is 3.29. The fourth-order valence-corrected chi connectivity index (χ4v) is 0.616. The van der Waals surface area contributed by atoms with E-state index in [1.54, 1.807) is 20.8 Å². The van der Waals surface area contributed by atoms with E-state index in [9.17, 15) is 14.4 Å². The van der Waals surface area contributed by atoms with Crippen LogP contribution in [-0.2, 0) is 14.3 Å². The highest BCUT2D eigenvalue weighted by Crippen LogP contribution is 2.00. The van der Waals surface area contributed by atoms with Gasteiger partial charge in [-0.1, -0.05) is 18.9 Å². The van der Waals surface area contributed by atoms with Gasteiger partial charge >= 0.3 is 18.0 Å². The number of aromatic nitrogens is 3. The van der Waals surface area contributed by atoms with Crippen molar-refractivity contribution in [3.63, 3.8) is 0 Å². The fraction of sp³-hybridized carbons (Fsp3) is 0.500. The Labute approximate surface area is 127 Å². The van der Waals surface area contributed by atoms with Gasteiger partial charge in [0.05, 0.1) is 12.8 Å². The molecule has 3 N–H and O–H groups in total. The Hall–Kier alpha value is -2.78. The largest absolute Gasteiger partial charge is 0.481 e. The number of carbonyl (C=O) groups excluding carboxylic acids is 2. The summed E-state index contributed by atoms with van der Waals surface area (Å²) in [6.07, 6.45) is 1.24. The first kappa shape index (κ1) is 21.5. The van der Waals surface area contributed by atoms with Crippen LogP contribution in [-0.4, -0.2) is 45.2 Å². The van der Waals surface area contributed by atoms with Gasteiger partial charge in [0.2, 0.25) is 5.88 Å². The number of rotatable bonds is 4. The van der Waals surface area contributed by atoms with Crippen molar-refractivity contribution in [2.45, 2.75) is 33.6 Å². The molecule has 0 radical (unpaired) electrons. The molecule has 0 bridgehead atoms. The molecule has 0 aliphatic heterocycles. The number of nitrogens with zero attached hydrogens (tertiary/aromatic N) is 3. The van der Waals surface area contributed by atoms with Crippen molar-refractivity contribution >= 4 is 18.0 Å². The molecule has 0 atom stereocenters. The Morgan fingerprint density at radius 3 is 2.09 bits per heavy atom. The Bertz CT molecular complexity index is 441. The van der Waals surface area contributed by atoms with E-state index in [0.29, 0.717) is 13.0 Å². The zero-order valence-corrected chi connectivity index (χ0v) is 12.7. The first-order chi connectivity index (χ1) is 10.4. The molecule has 0 saturated heterocycles. The van der Waals surface area contributed by atoms with Crippen LogP contribution >= 0.6 is 0 Å². The predicted octanol–water partition coefficient (Wildman–Crippen LogP) is 0.770. The monoisotopic (exact) mass is 316 g/mol. The molecule has 1 heterocycles. The summed E-state index contributed by atoms with van der Waals surface area (Å²) in [5.74, 6) is -0.887. The number of primary amides is 1. The first-order valence-corrected chi connectivity index (χ1v) is 6.36. The van der Waals surface area contributed by atoms with Gasteiger partial charge < -0.3 is 20.3 Å². The lowest BCUT2D eigenvalue weighted by molar-refractivity contribution is -0.136. The lowest BCUT2D eigenvalue weighted by atomic mass is 10.5. The fourth-order valence-electron chi connectivity index (χ4n) is 0.616. The van der Waals surface area contributed by atoms with Gasteiger partial charge in [-0.15, -0.1) is 5.10 Å². The van der Waals surface area contributed by atoms with E-state index in [-0.39, 0.29) is 18.3 Å². The number of hydrogen-bond acceptors (Lipinski definition) is 8. The van der Waals surface area contributed by atoms with E-state index in [1.165, 1.54) is 12.3 Å². The molecule has 0 spiro atoms. The highest BCUT2D eigenvalue weighted by Gasteiger charge is 2.00. The zero-order valence-electron chi connectivity index (χ0n) is 12.7. The summed E-state index contributed by atoms with van der Waals surface area (Å²) in [6, 6.07) is 1.47. The number of nitrogens with two attached hydrogens (primary N) is 1. The summed E-state index contributed by atoms with van der Waals surface area (Å²) in [4.78, 5) is 29.6. The van der Waals surface area contributed by atoms with Gasteiger partial charge in [0.1, 0.15) is 0 Å². The second kappa shape index (κ2) is 14.6. The number of ether oxygens (including phenoxy) is 2. The van der Waals surface area contributed by atoms with E-state index < -0.39 is 12.1 Å². The molecule has 1 aromatic heterocycles. The van der Waals surface area contributed by atoms with Crippen LogP contribution in [0.15, 0.2) is 12.3 Å². The number of carboxylic acids is 1. The van der Waals surface area contributed by atoms with E-state index in [4.69, 9.17) is 9.84 Å². The van der Waals surface area contributed by atoms with Crippen LogP contribution in [0.25, 0.3) is 0 Å². The van der Waals surface area contributed by atoms with Crippen molar-refractivity contribution in [1.29, 1.82) is 0 Å². The Morgan fingerprint density at radius 2 is 1.82 bits per heavy atom. The third-order valence-corrected chi connectivity index (χ3v) is 1.57. The molecule has 10 heteroatoms. The summed E-state index contributed by atoms with van der Waals surface area (Å²) in [5.41, 5.74) is 4.54. The lowest BCUT2D eigenvalue weighted by Crippen LogP contribution is -2.11. The standard InChI is InChI=1S/C6H7N3O2.C3H7NO2.C3H6O2/c1-2-6(10)11-5-3-4-7-9-8-5;1-2-6-3(4)5;1-2-3(4)5/h3-4H,2H2,1H3;2H2,1H3,(H2,4,5);2H2,1H3,(H,4,5). The van der Waals surface area contributed by atoms with Gasteiger partial charge in [-0.2, -0.15) is 0 Å². The molecule has 0 aromatic carbocycles. The molecule has 0 aliphatic rings. The van der Waals surface area contributed by atoms with Crippen LogP contribution in [0, 0.1) is 0 Å². The van der Waals surface area contributed by atoms with Crippen molar-refractivity contribution in [1.82, 2.24) is 15.4 Å². The average molecular weight is 316 g/mol. The first-order valence-electron chi connectivity index (χ1n) is 6.36.